The molecule has 1 N–H and O–H groups in total. The lowest BCUT2D eigenvalue weighted by Gasteiger charge is -2.02. The molecule has 110 valence electrons. The molecule has 6 nitrogen and oxygen atoms in total. The zero-order valence-corrected chi connectivity index (χ0v) is 12.6. The van der Waals surface area contributed by atoms with Gasteiger partial charge in [0.25, 0.3) is 5.91 Å². The number of esters is 1. The highest BCUT2D eigenvalue weighted by molar-refractivity contribution is 7.17. The standard InChI is InChI=1S/C14H15N3O3S/c1-9-12(13(19)16-8-6-11(18)20-2)21-14(17-9)10-5-3-4-7-15-10/h3-5,7H,6,8H2,1-2H3,(H,16,19). The monoisotopic (exact) mass is 305 g/mol. The Morgan fingerprint density at radius 1 is 1.38 bits per heavy atom. The van der Waals surface area contributed by atoms with Gasteiger partial charge in [-0.2, -0.15) is 0 Å². The summed E-state index contributed by atoms with van der Waals surface area (Å²) in [7, 11) is 1.32. The van der Waals surface area contributed by atoms with Gasteiger partial charge in [-0.3, -0.25) is 14.6 Å². The van der Waals surface area contributed by atoms with Gasteiger partial charge >= 0.3 is 5.97 Å². The molecule has 2 aromatic heterocycles. The maximum atomic E-state index is 12.1. The van der Waals surface area contributed by atoms with Crippen LogP contribution >= 0.6 is 11.3 Å². The molecule has 0 aliphatic rings. The number of ether oxygens (including phenoxy) is 1. The highest BCUT2D eigenvalue weighted by Gasteiger charge is 2.16. The summed E-state index contributed by atoms with van der Waals surface area (Å²) in [6.07, 6.45) is 1.83. The van der Waals surface area contributed by atoms with Gasteiger partial charge in [0.2, 0.25) is 0 Å². The van der Waals surface area contributed by atoms with Crippen LogP contribution in [0.5, 0.6) is 0 Å². The summed E-state index contributed by atoms with van der Waals surface area (Å²) in [6.45, 7) is 2.01. The number of hydrogen-bond donors (Lipinski definition) is 1. The van der Waals surface area contributed by atoms with Crippen LogP contribution in [0.2, 0.25) is 0 Å². The fraction of sp³-hybridized carbons (Fsp3) is 0.286. The van der Waals surface area contributed by atoms with Crippen molar-refractivity contribution in [2.45, 2.75) is 13.3 Å². The Balaban J connectivity index is 2.05. The van der Waals surface area contributed by atoms with E-state index < -0.39 is 0 Å². The van der Waals surface area contributed by atoms with Crippen LogP contribution in [0.4, 0.5) is 0 Å². The number of methoxy groups -OCH3 is 1. The van der Waals surface area contributed by atoms with Gasteiger partial charge in [0.05, 0.1) is 24.9 Å². The van der Waals surface area contributed by atoms with Crippen molar-refractivity contribution in [1.29, 1.82) is 0 Å². The molecule has 0 atom stereocenters. The summed E-state index contributed by atoms with van der Waals surface area (Å²) < 4.78 is 4.52. The minimum atomic E-state index is -0.356. The Kier molecular flexibility index (Phi) is 4.99. The predicted molar refractivity (Wildman–Crippen MR) is 79.0 cm³/mol. The van der Waals surface area contributed by atoms with Crippen LogP contribution in [-0.2, 0) is 9.53 Å². The molecular weight excluding hydrogens is 290 g/mol. The second-order valence-corrected chi connectivity index (χ2v) is 5.23. The first kappa shape index (κ1) is 15.1. The molecule has 1 amide bonds. The van der Waals surface area contributed by atoms with E-state index in [0.29, 0.717) is 15.6 Å². The molecule has 0 saturated carbocycles. The molecule has 7 heteroatoms. The van der Waals surface area contributed by atoms with E-state index in [1.165, 1.54) is 18.4 Å². The van der Waals surface area contributed by atoms with E-state index in [0.717, 1.165) is 5.69 Å². The minimum Gasteiger partial charge on any atom is -0.469 e. The number of nitrogens with zero attached hydrogens (tertiary/aromatic N) is 2. The number of amides is 1. The van der Waals surface area contributed by atoms with Crippen molar-refractivity contribution in [2.75, 3.05) is 13.7 Å². The molecule has 21 heavy (non-hydrogen) atoms. The van der Waals surface area contributed by atoms with Crippen LogP contribution in [0, 0.1) is 6.92 Å². The molecule has 2 aromatic rings. The molecule has 2 heterocycles. The van der Waals surface area contributed by atoms with Gasteiger partial charge < -0.3 is 10.1 Å². The SMILES string of the molecule is COC(=O)CCNC(=O)c1sc(-c2ccccn2)nc1C. The Morgan fingerprint density at radius 2 is 2.19 bits per heavy atom. The molecule has 0 spiro atoms. The van der Waals surface area contributed by atoms with Crippen LogP contribution in [0.15, 0.2) is 24.4 Å². The fourth-order valence-corrected chi connectivity index (χ4v) is 2.63. The quantitative estimate of drug-likeness (QED) is 0.852. The van der Waals surface area contributed by atoms with Crippen LogP contribution < -0.4 is 5.32 Å². The van der Waals surface area contributed by atoms with E-state index in [1.807, 2.05) is 18.2 Å². The van der Waals surface area contributed by atoms with Gasteiger partial charge in [-0.05, 0) is 19.1 Å². The average Bonchev–Trinajstić information content (AvgIpc) is 2.90. The summed E-state index contributed by atoms with van der Waals surface area (Å²) in [5.74, 6) is -0.596. The molecule has 0 bridgehead atoms. The largest absolute Gasteiger partial charge is 0.469 e. The van der Waals surface area contributed by atoms with Gasteiger partial charge in [0.1, 0.15) is 9.88 Å². The lowest BCUT2D eigenvalue weighted by Crippen LogP contribution is -2.26. The highest BCUT2D eigenvalue weighted by atomic mass is 32.1. The van der Waals surface area contributed by atoms with Crippen LogP contribution in [0.25, 0.3) is 10.7 Å². The normalized spacial score (nSPS) is 10.2. The van der Waals surface area contributed by atoms with Gasteiger partial charge in [0.15, 0.2) is 0 Å². The number of carbonyl (C=O) groups is 2. The van der Waals surface area contributed by atoms with Crippen LogP contribution in [-0.4, -0.2) is 35.5 Å². The average molecular weight is 305 g/mol. The third kappa shape index (κ3) is 3.85. The van der Waals surface area contributed by atoms with E-state index in [4.69, 9.17) is 0 Å². The lowest BCUT2D eigenvalue weighted by molar-refractivity contribution is -0.140. The summed E-state index contributed by atoms with van der Waals surface area (Å²) in [4.78, 5) is 32.2. The zero-order valence-electron chi connectivity index (χ0n) is 11.8. The first-order valence-electron chi connectivity index (χ1n) is 6.35. The van der Waals surface area contributed by atoms with Crippen molar-refractivity contribution in [3.63, 3.8) is 0 Å². The number of aromatic nitrogens is 2. The number of rotatable bonds is 5. The van der Waals surface area contributed by atoms with Crippen molar-refractivity contribution >= 4 is 23.2 Å². The smallest absolute Gasteiger partial charge is 0.307 e. The number of pyridine rings is 1. The summed E-state index contributed by atoms with van der Waals surface area (Å²) >= 11 is 1.28. The minimum absolute atomic E-state index is 0.146. The van der Waals surface area contributed by atoms with Crippen molar-refractivity contribution in [3.8, 4) is 10.7 Å². The molecule has 0 aliphatic heterocycles. The molecule has 0 saturated heterocycles. The molecular formula is C14H15N3O3S. The first-order valence-corrected chi connectivity index (χ1v) is 7.17. The number of nitrogens with one attached hydrogen (secondary N) is 1. The van der Waals surface area contributed by atoms with Gasteiger partial charge in [0, 0.05) is 12.7 Å². The van der Waals surface area contributed by atoms with Gasteiger partial charge in [-0.25, -0.2) is 4.98 Å². The zero-order chi connectivity index (χ0) is 15.2. The Hall–Kier alpha value is -2.28. The van der Waals surface area contributed by atoms with Gasteiger partial charge in [-0.15, -0.1) is 11.3 Å². The number of thiazole rings is 1. The van der Waals surface area contributed by atoms with E-state index in [2.05, 4.69) is 20.0 Å². The molecule has 0 fully saturated rings. The third-order valence-corrected chi connectivity index (χ3v) is 3.91. The van der Waals surface area contributed by atoms with E-state index in [9.17, 15) is 9.59 Å². The molecule has 0 radical (unpaired) electrons. The number of hydrogen-bond acceptors (Lipinski definition) is 6. The number of aryl methyl sites for hydroxylation is 1. The number of carbonyl (C=O) groups excluding carboxylic acids is 2. The van der Waals surface area contributed by atoms with Crippen molar-refractivity contribution in [3.05, 3.63) is 35.0 Å². The summed E-state index contributed by atoms with van der Waals surface area (Å²) in [6, 6.07) is 5.54. The maximum Gasteiger partial charge on any atom is 0.307 e. The lowest BCUT2D eigenvalue weighted by atomic mass is 10.3. The van der Waals surface area contributed by atoms with Crippen molar-refractivity contribution in [1.82, 2.24) is 15.3 Å². The molecule has 2 rings (SSSR count). The molecule has 0 aromatic carbocycles. The summed E-state index contributed by atoms with van der Waals surface area (Å²) in [5, 5.41) is 3.38. The highest BCUT2D eigenvalue weighted by Crippen LogP contribution is 2.26. The third-order valence-electron chi connectivity index (χ3n) is 2.73. The van der Waals surface area contributed by atoms with Crippen molar-refractivity contribution < 1.29 is 14.3 Å². The summed E-state index contributed by atoms with van der Waals surface area (Å²) in [5.41, 5.74) is 1.38. The Bertz CT molecular complexity index is 640. The van der Waals surface area contributed by atoms with E-state index >= 15 is 0 Å². The van der Waals surface area contributed by atoms with E-state index in [-0.39, 0.29) is 24.8 Å². The second kappa shape index (κ2) is 6.94. The van der Waals surface area contributed by atoms with Crippen molar-refractivity contribution in [2.24, 2.45) is 0 Å². The van der Waals surface area contributed by atoms with E-state index in [1.54, 1.807) is 13.1 Å². The fourth-order valence-electron chi connectivity index (χ4n) is 1.67. The molecule has 0 aliphatic carbocycles. The Labute approximate surface area is 126 Å². The first-order chi connectivity index (χ1) is 10.1. The van der Waals surface area contributed by atoms with Crippen LogP contribution in [0.3, 0.4) is 0 Å². The predicted octanol–water partition coefficient (Wildman–Crippen LogP) is 1.81. The maximum absolute atomic E-state index is 12.1. The topological polar surface area (TPSA) is 81.2 Å². The second-order valence-electron chi connectivity index (χ2n) is 4.23. The molecule has 0 unspecified atom stereocenters. The Morgan fingerprint density at radius 3 is 2.86 bits per heavy atom. The van der Waals surface area contributed by atoms with Gasteiger partial charge in [-0.1, -0.05) is 6.07 Å². The van der Waals surface area contributed by atoms with Crippen LogP contribution in [0.1, 0.15) is 21.8 Å².